The van der Waals surface area contributed by atoms with Crippen LogP contribution < -0.4 is 0 Å². The molecule has 0 aromatic carbocycles. The zero-order valence-corrected chi connectivity index (χ0v) is 9.71. The smallest absolute Gasteiger partial charge is 0.338 e. The quantitative estimate of drug-likeness (QED) is 0.405. The Morgan fingerprint density at radius 2 is 1.47 bits per heavy atom. The van der Waals surface area contributed by atoms with Gasteiger partial charge in [0.2, 0.25) is 0 Å². The van der Waals surface area contributed by atoms with Gasteiger partial charge in [-0.05, 0) is 20.8 Å². The van der Waals surface area contributed by atoms with Crippen molar-refractivity contribution in [2.45, 2.75) is 20.8 Å². The van der Waals surface area contributed by atoms with E-state index < -0.39 is 11.9 Å². The van der Waals surface area contributed by atoms with E-state index in [4.69, 9.17) is 0 Å². The molecule has 0 unspecified atom stereocenters. The third-order valence-electron chi connectivity index (χ3n) is 1.85. The third-order valence-corrected chi connectivity index (χ3v) is 1.85. The van der Waals surface area contributed by atoms with E-state index in [1.807, 2.05) is 0 Å². The molecule has 4 heteroatoms. The summed E-state index contributed by atoms with van der Waals surface area (Å²) in [5.41, 5.74) is 1.19. The number of rotatable bonds is 3. The normalized spacial score (nSPS) is 10.6. The van der Waals surface area contributed by atoms with Crippen LogP contribution in [0, 0.1) is 0 Å². The van der Waals surface area contributed by atoms with Crippen molar-refractivity contribution in [3.8, 4) is 0 Å². The Balaban J connectivity index is 5.37. The summed E-state index contributed by atoms with van der Waals surface area (Å²) in [6, 6.07) is 0. The summed E-state index contributed by atoms with van der Waals surface area (Å²) in [6.07, 6.45) is 1.53. The van der Waals surface area contributed by atoms with Gasteiger partial charge in [-0.3, -0.25) is 0 Å². The summed E-state index contributed by atoms with van der Waals surface area (Å²) in [7, 11) is 2.54. The van der Waals surface area contributed by atoms with Crippen LogP contribution in [-0.2, 0) is 19.1 Å². The molecule has 0 aliphatic heterocycles. The molecule has 0 atom stereocenters. The largest absolute Gasteiger partial charge is 0.465 e. The summed E-state index contributed by atoms with van der Waals surface area (Å²) < 4.78 is 9.19. The van der Waals surface area contributed by atoms with Gasteiger partial charge in [0.25, 0.3) is 0 Å². The van der Waals surface area contributed by atoms with Crippen molar-refractivity contribution in [2.24, 2.45) is 0 Å². The number of esters is 2. The first-order valence-corrected chi connectivity index (χ1v) is 4.50. The molecule has 0 saturated carbocycles. The molecule has 0 radical (unpaired) electrons. The van der Waals surface area contributed by atoms with E-state index in [1.165, 1.54) is 20.3 Å². The molecule has 0 bridgehead atoms. The van der Waals surface area contributed by atoms with Crippen molar-refractivity contribution in [2.75, 3.05) is 14.2 Å². The van der Waals surface area contributed by atoms with E-state index in [0.717, 1.165) is 0 Å². The van der Waals surface area contributed by atoms with Gasteiger partial charge in [0.05, 0.1) is 25.4 Å². The molecule has 84 valence electrons. The lowest BCUT2D eigenvalue weighted by molar-refractivity contribution is -0.139. The number of methoxy groups -OCH3 is 2. The van der Waals surface area contributed by atoms with Crippen LogP contribution in [0.15, 0.2) is 22.8 Å². The molecule has 0 N–H and O–H groups in total. The predicted octanol–water partition coefficient (Wildman–Crippen LogP) is 1.62. The van der Waals surface area contributed by atoms with Crippen molar-refractivity contribution < 1.29 is 19.1 Å². The van der Waals surface area contributed by atoms with Crippen LogP contribution in [-0.4, -0.2) is 26.2 Å². The van der Waals surface area contributed by atoms with Crippen molar-refractivity contribution in [1.29, 1.82) is 0 Å². The van der Waals surface area contributed by atoms with Gasteiger partial charge < -0.3 is 9.47 Å². The molecule has 0 aromatic heterocycles. The van der Waals surface area contributed by atoms with Crippen LogP contribution in [0.5, 0.6) is 0 Å². The Morgan fingerprint density at radius 3 is 1.73 bits per heavy atom. The first-order chi connectivity index (χ1) is 6.99. The second-order valence-electron chi connectivity index (χ2n) is 3.06. The minimum atomic E-state index is -0.542. The number of ether oxygens (including phenoxy) is 2. The zero-order valence-electron chi connectivity index (χ0n) is 9.71. The Bertz CT molecular complexity index is 319. The third kappa shape index (κ3) is 3.23. The molecule has 15 heavy (non-hydrogen) atoms. The summed E-state index contributed by atoms with van der Waals surface area (Å²) in [5, 5.41) is 0. The summed E-state index contributed by atoms with van der Waals surface area (Å²) in [5.74, 6) is -1.08. The Hall–Kier alpha value is -1.58. The molecular weight excluding hydrogens is 196 g/mol. The maximum absolute atomic E-state index is 11.4. The fraction of sp³-hybridized carbons (Fsp3) is 0.455. The van der Waals surface area contributed by atoms with E-state index in [2.05, 4.69) is 9.47 Å². The lowest BCUT2D eigenvalue weighted by atomic mass is 10.0. The van der Waals surface area contributed by atoms with Gasteiger partial charge in [0.1, 0.15) is 0 Å². The first kappa shape index (κ1) is 13.4. The fourth-order valence-corrected chi connectivity index (χ4v) is 1.16. The highest BCUT2D eigenvalue weighted by Gasteiger charge is 2.22. The van der Waals surface area contributed by atoms with Gasteiger partial charge in [0, 0.05) is 0 Å². The molecule has 0 heterocycles. The predicted molar refractivity (Wildman–Crippen MR) is 56.2 cm³/mol. The lowest BCUT2D eigenvalue weighted by Crippen LogP contribution is -2.16. The molecule has 0 aliphatic carbocycles. The van der Waals surface area contributed by atoms with Crippen molar-refractivity contribution >= 4 is 11.9 Å². The molecule has 0 aromatic rings. The summed E-state index contributed by atoms with van der Waals surface area (Å²) in [6.45, 7) is 5.13. The fourth-order valence-electron chi connectivity index (χ4n) is 1.16. The van der Waals surface area contributed by atoms with Gasteiger partial charge in [-0.1, -0.05) is 11.6 Å². The van der Waals surface area contributed by atoms with E-state index in [-0.39, 0.29) is 11.1 Å². The summed E-state index contributed by atoms with van der Waals surface area (Å²) in [4.78, 5) is 22.8. The second kappa shape index (κ2) is 6.01. The molecule has 0 spiro atoms. The highest BCUT2D eigenvalue weighted by Crippen LogP contribution is 2.17. The molecule has 0 rings (SSSR count). The van der Waals surface area contributed by atoms with E-state index in [9.17, 15) is 9.59 Å². The molecule has 0 amide bonds. The molecule has 0 aliphatic rings. The van der Waals surface area contributed by atoms with Crippen LogP contribution in [0.4, 0.5) is 0 Å². The molecular formula is C11H16O4. The Labute approximate surface area is 89.6 Å². The SMILES string of the molecule is C/C=C(/C(=O)OC)C(C(=O)OC)=C(C)C. The van der Waals surface area contributed by atoms with Gasteiger partial charge in [0.15, 0.2) is 0 Å². The van der Waals surface area contributed by atoms with Crippen molar-refractivity contribution in [3.63, 3.8) is 0 Å². The van der Waals surface area contributed by atoms with Crippen molar-refractivity contribution in [1.82, 2.24) is 0 Å². The van der Waals surface area contributed by atoms with E-state index in [1.54, 1.807) is 20.8 Å². The number of hydrogen-bond acceptors (Lipinski definition) is 4. The average molecular weight is 212 g/mol. The second-order valence-corrected chi connectivity index (χ2v) is 3.06. The number of carbonyl (C=O) groups excluding carboxylic acids is 2. The maximum Gasteiger partial charge on any atom is 0.338 e. The highest BCUT2D eigenvalue weighted by atomic mass is 16.5. The van der Waals surface area contributed by atoms with E-state index >= 15 is 0 Å². The maximum atomic E-state index is 11.4. The van der Waals surface area contributed by atoms with Gasteiger partial charge in [-0.25, -0.2) is 9.59 Å². The van der Waals surface area contributed by atoms with Gasteiger partial charge in [-0.2, -0.15) is 0 Å². The van der Waals surface area contributed by atoms with Gasteiger partial charge in [-0.15, -0.1) is 0 Å². The number of carbonyl (C=O) groups is 2. The molecule has 4 nitrogen and oxygen atoms in total. The van der Waals surface area contributed by atoms with Crippen LogP contribution >= 0.6 is 0 Å². The Morgan fingerprint density at radius 1 is 1.00 bits per heavy atom. The zero-order chi connectivity index (χ0) is 12.0. The monoisotopic (exact) mass is 212 g/mol. The van der Waals surface area contributed by atoms with Crippen LogP contribution in [0.25, 0.3) is 0 Å². The first-order valence-electron chi connectivity index (χ1n) is 4.50. The number of hydrogen-bond donors (Lipinski definition) is 0. The minimum Gasteiger partial charge on any atom is -0.465 e. The van der Waals surface area contributed by atoms with Crippen LogP contribution in [0.3, 0.4) is 0 Å². The standard InChI is InChI=1S/C11H16O4/c1-6-8(10(12)14-4)9(7(2)3)11(13)15-5/h6H,1-5H3/b8-6+. The topological polar surface area (TPSA) is 52.6 Å². The minimum absolute atomic E-state index is 0.226. The summed E-state index contributed by atoms with van der Waals surface area (Å²) >= 11 is 0. The molecule has 0 saturated heterocycles. The van der Waals surface area contributed by atoms with Crippen LogP contribution in [0.1, 0.15) is 20.8 Å². The lowest BCUT2D eigenvalue weighted by Gasteiger charge is -2.09. The Kier molecular flexibility index (Phi) is 5.37. The average Bonchev–Trinajstić information content (AvgIpc) is 2.22. The van der Waals surface area contributed by atoms with E-state index in [0.29, 0.717) is 5.57 Å². The number of allylic oxidation sites excluding steroid dienone is 2. The highest BCUT2D eigenvalue weighted by molar-refractivity contribution is 6.07. The molecule has 0 fully saturated rings. The van der Waals surface area contributed by atoms with Gasteiger partial charge >= 0.3 is 11.9 Å². The van der Waals surface area contributed by atoms with Crippen molar-refractivity contribution in [3.05, 3.63) is 22.8 Å². The van der Waals surface area contributed by atoms with Crippen LogP contribution in [0.2, 0.25) is 0 Å².